The van der Waals surface area contributed by atoms with E-state index in [2.05, 4.69) is 537 Å². The molecule has 0 saturated heterocycles. The molecule has 144 heavy (non-hydrogen) atoms. The number of benzene rings is 18. The van der Waals surface area contributed by atoms with Gasteiger partial charge in [-0.25, -0.2) is 0 Å². The number of nitrogens with zero attached hydrogens (tertiary/aromatic N) is 6. The van der Waals surface area contributed by atoms with Gasteiger partial charge in [-0.3, -0.25) is 0 Å². The minimum atomic E-state index is -0.0834. The molecule has 12 heteroatoms. The van der Waals surface area contributed by atoms with Crippen LogP contribution < -0.4 is 57.3 Å². The molecule has 0 bridgehead atoms. The number of fused-ring (bicyclic) bond motifs is 15. The van der Waals surface area contributed by atoms with Crippen molar-refractivity contribution in [3.05, 3.63) is 447 Å². The van der Waals surface area contributed by atoms with Crippen LogP contribution in [0.25, 0.3) is 111 Å². The normalized spacial score (nSPS) is 13.2. The van der Waals surface area contributed by atoms with Gasteiger partial charge in [0.2, 0.25) is 0 Å². The van der Waals surface area contributed by atoms with Crippen LogP contribution in [-0.4, -0.2) is 18.0 Å². The fourth-order valence-electron chi connectivity index (χ4n) is 23.1. The molecule has 5 aromatic heterocycles. The quantitative estimate of drug-likeness (QED) is 0.113. The minimum absolute atomic E-state index is 0.0617. The van der Waals surface area contributed by atoms with E-state index in [1.807, 2.05) is 45.3 Å². The van der Waals surface area contributed by atoms with Crippen LogP contribution in [0.5, 0.6) is 0 Å². The SMILES string of the molecule is CC(C)(C)c1ccc2c(c1)B1c3cc(C(C)(C)C)ccc3N(c3c(-c4ccccc4)sc4ccccc34)c3cc(N(c4ccccc4)c4ccccc4)cc(c31)N2c1c(-c2ccccc2)sc2ccccc12.CC(C)(C)c1ccc2c(c1)B1c3cc(C(C)(C)C)ccc3N(c3sc4ccccc4c3-c3ccccc3)c3cc(-n4c5ccccc5c5ccccc54)cc(c31)N2c1sc2ccccc2c1-c1ccccc1. The molecular formula is C132H106B2N6S4. The zero-order valence-corrected chi connectivity index (χ0v) is 86.2. The maximum atomic E-state index is 2.67. The third kappa shape index (κ3) is 14.6. The Balaban J connectivity index is 0.000000147. The highest BCUT2D eigenvalue weighted by molar-refractivity contribution is 7.25. The molecule has 0 aliphatic carbocycles. The Morgan fingerprint density at radius 3 is 0.826 bits per heavy atom. The van der Waals surface area contributed by atoms with Gasteiger partial charge >= 0.3 is 0 Å². The fraction of sp³-hybridized carbons (Fsp3) is 0.121. The van der Waals surface area contributed by atoms with Crippen molar-refractivity contribution in [2.75, 3.05) is 24.5 Å². The van der Waals surface area contributed by atoms with Gasteiger partial charge in [-0.2, -0.15) is 0 Å². The molecule has 0 amide bonds. The summed E-state index contributed by atoms with van der Waals surface area (Å²) in [4.78, 5) is 15.6. The lowest BCUT2D eigenvalue weighted by atomic mass is 9.33. The number of rotatable bonds is 12. The predicted molar refractivity (Wildman–Crippen MR) is 628 cm³/mol. The summed E-state index contributed by atoms with van der Waals surface area (Å²) in [5.41, 5.74) is 39.2. The molecule has 694 valence electrons. The summed E-state index contributed by atoms with van der Waals surface area (Å²) < 4.78 is 7.60. The second kappa shape index (κ2) is 34.3. The lowest BCUT2D eigenvalue weighted by Crippen LogP contribution is -2.61. The zero-order valence-electron chi connectivity index (χ0n) is 82.9. The summed E-state index contributed by atoms with van der Waals surface area (Å²) in [5, 5.41) is 9.96. The number of para-hydroxylation sites is 4. The van der Waals surface area contributed by atoms with E-state index in [0.29, 0.717) is 0 Å². The van der Waals surface area contributed by atoms with Crippen molar-refractivity contribution in [2.45, 2.75) is 105 Å². The molecule has 0 radical (unpaired) electrons. The summed E-state index contributed by atoms with van der Waals surface area (Å²) in [5.74, 6) is 0. The monoisotopic (exact) mass is 1920 g/mol. The summed E-state index contributed by atoms with van der Waals surface area (Å²) >= 11 is 7.58. The second-order valence-electron chi connectivity index (χ2n) is 43.0. The molecule has 23 aromatic rings. The van der Waals surface area contributed by atoms with Crippen LogP contribution >= 0.6 is 45.3 Å². The van der Waals surface area contributed by atoms with E-state index in [9.17, 15) is 0 Å². The zero-order chi connectivity index (χ0) is 97.5. The molecular weight excluding hydrogens is 1820 g/mol. The summed E-state index contributed by atoms with van der Waals surface area (Å²) in [7, 11) is 0. The highest BCUT2D eigenvalue weighted by Crippen LogP contribution is 2.61. The Kier molecular flexibility index (Phi) is 21.1. The number of hydrogen-bond acceptors (Lipinski definition) is 9. The Labute approximate surface area is 860 Å². The summed E-state index contributed by atoms with van der Waals surface area (Å²) in [6, 6.07) is 160. The first kappa shape index (κ1) is 88.9. The standard InChI is InChI=1S/C66H52BN3S2.C66H54BN3S2/c1-65(2,3)43-33-35-54-50(37-43)67-51-38-44(66(4,5)6)34-36-55(51)70(64-61(42-23-11-8-12-24-42)49-28-16-20-32-59(49)72-64)57-40-45(68-52-29-17-13-25-46(52)47-26-14-18-30-53(47)68)39-56(62(57)67)69(54)63-60(41-21-9-7-10-22-41)48-27-15-19-31-58(48)71-63;1-65(2,3)45-35-37-54-52(39-45)67-53-40-46(66(4,5)6)36-38-55(53)70(62-51-32-20-22-34-59(51)72-64(62)44-25-13-8-14-26-44)57-42-49(68(47-27-15-9-16-28-47)48-29-17-10-18-30-48)41-56(60(57)67)69(54)61-50-31-19-21-33-58(50)71-63(61)43-23-11-7-12-24-43/h7-40H,1-6H3;7-42H,1-6H3. The van der Waals surface area contributed by atoms with E-state index < -0.39 is 0 Å². The second-order valence-corrected chi connectivity index (χ2v) is 47.2. The van der Waals surface area contributed by atoms with Crippen LogP contribution in [0.3, 0.4) is 0 Å². The maximum Gasteiger partial charge on any atom is 0.252 e. The average molecular weight is 1930 g/mol. The topological polar surface area (TPSA) is 21.1 Å². The van der Waals surface area contributed by atoms with Crippen molar-refractivity contribution in [3.63, 3.8) is 0 Å². The van der Waals surface area contributed by atoms with Gasteiger partial charge in [-0.15, -0.1) is 45.3 Å². The van der Waals surface area contributed by atoms with Crippen LogP contribution in [0, 0.1) is 0 Å². The first-order valence-electron chi connectivity index (χ1n) is 50.3. The molecule has 4 aliphatic heterocycles. The summed E-state index contributed by atoms with van der Waals surface area (Å²) in [6.07, 6.45) is 0. The molecule has 0 N–H and O–H groups in total. The van der Waals surface area contributed by atoms with E-state index >= 15 is 0 Å². The predicted octanol–water partition coefficient (Wildman–Crippen LogP) is 34.8. The van der Waals surface area contributed by atoms with Crippen molar-refractivity contribution < 1.29 is 0 Å². The van der Waals surface area contributed by atoms with Crippen molar-refractivity contribution in [2.24, 2.45) is 0 Å². The van der Waals surface area contributed by atoms with Crippen LogP contribution in [0.1, 0.15) is 105 Å². The van der Waals surface area contributed by atoms with E-state index in [-0.39, 0.29) is 35.1 Å². The van der Waals surface area contributed by atoms with E-state index in [1.165, 1.54) is 227 Å². The van der Waals surface area contributed by atoms with Crippen LogP contribution in [0.2, 0.25) is 0 Å². The van der Waals surface area contributed by atoms with Gasteiger partial charge in [0.25, 0.3) is 13.4 Å². The van der Waals surface area contributed by atoms with Gasteiger partial charge in [0, 0.05) is 119 Å². The first-order valence-corrected chi connectivity index (χ1v) is 53.6. The molecule has 0 spiro atoms. The van der Waals surface area contributed by atoms with Gasteiger partial charge in [-0.1, -0.05) is 399 Å². The van der Waals surface area contributed by atoms with Gasteiger partial charge in [0.05, 0.1) is 43.5 Å². The molecule has 27 rings (SSSR count). The average Bonchev–Trinajstić information content (AvgIpc) is 1.19. The minimum Gasteiger partial charge on any atom is -0.310 e. The van der Waals surface area contributed by atoms with Crippen LogP contribution in [0.4, 0.5) is 83.9 Å². The van der Waals surface area contributed by atoms with Gasteiger partial charge in [-0.05, 0) is 208 Å². The first-order chi connectivity index (χ1) is 70.0. The number of anilines is 15. The molecule has 6 nitrogen and oxygen atoms in total. The van der Waals surface area contributed by atoms with Crippen LogP contribution in [-0.2, 0) is 21.7 Å². The van der Waals surface area contributed by atoms with Crippen molar-refractivity contribution >= 4 is 238 Å². The third-order valence-electron chi connectivity index (χ3n) is 30.0. The lowest BCUT2D eigenvalue weighted by molar-refractivity contribution is 0.590. The van der Waals surface area contributed by atoms with Crippen molar-refractivity contribution in [1.82, 2.24) is 4.57 Å². The van der Waals surface area contributed by atoms with Crippen molar-refractivity contribution in [3.8, 4) is 48.8 Å². The third-order valence-corrected chi connectivity index (χ3v) is 34.8. The number of aromatic nitrogens is 1. The van der Waals surface area contributed by atoms with Gasteiger partial charge in [0.15, 0.2) is 0 Å². The Morgan fingerprint density at radius 2 is 0.493 bits per heavy atom. The molecule has 0 saturated carbocycles. The lowest BCUT2D eigenvalue weighted by Gasteiger charge is -2.46. The van der Waals surface area contributed by atoms with Crippen molar-refractivity contribution in [1.29, 1.82) is 0 Å². The maximum absolute atomic E-state index is 2.67. The van der Waals surface area contributed by atoms with Gasteiger partial charge in [0.1, 0.15) is 10.0 Å². The van der Waals surface area contributed by atoms with E-state index in [0.717, 1.165) is 22.7 Å². The highest BCUT2D eigenvalue weighted by Gasteiger charge is 2.50. The largest absolute Gasteiger partial charge is 0.310 e. The smallest absolute Gasteiger partial charge is 0.252 e. The van der Waals surface area contributed by atoms with E-state index in [4.69, 9.17) is 0 Å². The van der Waals surface area contributed by atoms with Crippen LogP contribution in [0.15, 0.2) is 425 Å². The Hall–Kier alpha value is -15.3. The Morgan fingerprint density at radius 1 is 0.222 bits per heavy atom. The molecule has 0 unspecified atom stereocenters. The van der Waals surface area contributed by atoms with E-state index in [1.54, 1.807) is 0 Å². The molecule has 0 fully saturated rings. The highest BCUT2D eigenvalue weighted by atomic mass is 32.1. The fourth-order valence-corrected chi connectivity index (χ4v) is 27.9. The summed E-state index contributed by atoms with van der Waals surface area (Å²) in [6.45, 7) is 28.1. The Bertz CT molecular complexity index is 8530. The number of thiophene rings is 4. The van der Waals surface area contributed by atoms with Gasteiger partial charge < -0.3 is 29.1 Å². The molecule has 0 atom stereocenters. The molecule has 4 aliphatic rings. The molecule has 9 heterocycles. The number of hydrogen-bond donors (Lipinski definition) is 0. The molecule has 18 aromatic carbocycles.